The number of anilines is 2. The molecule has 2 rings (SSSR count). The van der Waals surface area contributed by atoms with Crippen LogP contribution in [0.15, 0.2) is 21.6 Å². The summed E-state index contributed by atoms with van der Waals surface area (Å²) in [6, 6.07) is 0. The first-order valence-corrected chi connectivity index (χ1v) is 6.84. The van der Waals surface area contributed by atoms with E-state index in [0.717, 1.165) is 23.3 Å². The molecule has 0 atom stereocenters. The molecule has 2 aromatic heterocycles. The summed E-state index contributed by atoms with van der Waals surface area (Å²) in [4.78, 5) is 12.5. The van der Waals surface area contributed by atoms with Gasteiger partial charge in [0.1, 0.15) is 5.82 Å². The number of halogens is 1. The van der Waals surface area contributed by atoms with Crippen molar-refractivity contribution in [2.75, 3.05) is 23.7 Å². The number of hydrogen-bond donors (Lipinski definition) is 2. The van der Waals surface area contributed by atoms with E-state index in [1.807, 2.05) is 0 Å². The summed E-state index contributed by atoms with van der Waals surface area (Å²) < 4.78 is 5.49. The van der Waals surface area contributed by atoms with Gasteiger partial charge in [-0.3, -0.25) is 0 Å². The van der Waals surface area contributed by atoms with Gasteiger partial charge < -0.3 is 15.2 Å². The lowest BCUT2D eigenvalue weighted by Gasteiger charge is -2.08. The fraction of sp³-hybridized carbons (Fsp3) is 0.455. The predicted molar refractivity (Wildman–Crippen MR) is 75.0 cm³/mol. The molecular formula is C11H15BrN6O. The summed E-state index contributed by atoms with van der Waals surface area (Å²) in [5.74, 6) is 2.03. The van der Waals surface area contributed by atoms with Crippen molar-refractivity contribution in [2.45, 2.75) is 19.8 Å². The van der Waals surface area contributed by atoms with E-state index >= 15 is 0 Å². The maximum atomic E-state index is 4.67. The Morgan fingerprint density at radius 1 is 1.26 bits per heavy atom. The highest BCUT2D eigenvalue weighted by Gasteiger charge is 2.05. The molecule has 0 spiro atoms. The zero-order valence-electron chi connectivity index (χ0n) is 10.6. The molecule has 2 aromatic rings. The third-order valence-corrected chi connectivity index (χ3v) is 2.91. The zero-order valence-corrected chi connectivity index (χ0v) is 12.1. The number of aromatic nitrogens is 4. The van der Waals surface area contributed by atoms with Gasteiger partial charge in [0, 0.05) is 25.7 Å². The van der Waals surface area contributed by atoms with Crippen molar-refractivity contribution in [2.24, 2.45) is 0 Å². The van der Waals surface area contributed by atoms with Crippen LogP contribution in [-0.2, 0) is 6.42 Å². The quantitative estimate of drug-likeness (QED) is 0.805. The number of nitrogens with zero attached hydrogens (tertiary/aromatic N) is 4. The number of hydrogen-bond acceptors (Lipinski definition) is 7. The fourth-order valence-electron chi connectivity index (χ4n) is 1.41. The van der Waals surface area contributed by atoms with E-state index < -0.39 is 0 Å². The summed E-state index contributed by atoms with van der Waals surface area (Å²) in [6.45, 7) is 3.61. The van der Waals surface area contributed by atoms with Gasteiger partial charge in [0.25, 0.3) is 0 Å². The molecule has 19 heavy (non-hydrogen) atoms. The minimum Gasteiger partial charge on any atom is -0.369 e. The maximum Gasteiger partial charge on any atom is 0.224 e. The van der Waals surface area contributed by atoms with Gasteiger partial charge in [-0.05, 0) is 22.4 Å². The van der Waals surface area contributed by atoms with Gasteiger partial charge in [-0.2, -0.15) is 9.97 Å². The van der Waals surface area contributed by atoms with Crippen LogP contribution in [-0.4, -0.2) is 33.2 Å². The van der Waals surface area contributed by atoms with Crippen molar-refractivity contribution in [3.8, 4) is 0 Å². The molecule has 2 heterocycles. The molecular weight excluding hydrogens is 312 g/mol. The molecule has 0 aliphatic carbocycles. The van der Waals surface area contributed by atoms with E-state index in [0.29, 0.717) is 24.7 Å². The van der Waals surface area contributed by atoms with Gasteiger partial charge in [0.15, 0.2) is 5.82 Å². The van der Waals surface area contributed by atoms with Crippen LogP contribution in [0, 0.1) is 0 Å². The summed E-state index contributed by atoms with van der Waals surface area (Å²) in [5, 5.41) is 10.1. The zero-order chi connectivity index (χ0) is 13.5. The fourth-order valence-corrected chi connectivity index (χ4v) is 1.74. The summed E-state index contributed by atoms with van der Waals surface area (Å²) in [6.07, 6.45) is 4.75. The van der Waals surface area contributed by atoms with Crippen LogP contribution in [0.2, 0.25) is 0 Å². The average Bonchev–Trinajstić information content (AvgIpc) is 2.92. The van der Waals surface area contributed by atoms with Gasteiger partial charge in [0.05, 0.1) is 4.47 Å². The second-order valence-electron chi connectivity index (χ2n) is 3.84. The summed E-state index contributed by atoms with van der Waals surface area (Å²) >= 11 is 3.41. The number of nitrogens with one attached hydrogen (secondary N) is 2. The van der Waals surface area contributed by atoms with Gasteiger partial charge in [-0.15, -0.1) is 0 Å². The normalized spacial score (nSPS) is 10.4. The van der Waals surface area contributed by atoms with Gasteiger partial charge in [-0.25, -0.2) is 4.98 Å². The first-order valence-electron chi connectivity index (χ1n) is 6.05. The molecule has 0 bridgehead atoms. The van der Waals surface area contributed by atoms with Crippen LogP contribution in [0.1, 0.15) is 19.2 Å². The third kappa shape index (κ3) is 4.16. The predicted octanol–water partition coefficient (Wildman–Crippen LogP) is 2.10. The second kappa shape index (κ2) is 7.03. The van der Waals surface area contributed by atoms with Crippen LogP contribution < -0.4 is 10.6 Å². The largest absolute Gasteiger partial charge is 0.369 e. The second-order valence-corrected chi connectivity index (χ2v) is 4.70. The highest BCUT2D eigenvalue weighted by Crippen LogP contribution is 2.19. The molecule has 0 saturated heterocycles. The molecule has 8 heteroatoms. The Hall–Kier alpha value is -1.70. The van der Waals surface area contributed by atoms with Crippen LogP contribution >= 0.6 is 15.9 Å². The molecule has 0 aromatic carbocycles. The van der Waals surface area contributed by atoms with Gasteiger partial charge in [0.2, 0.25) is 12.3 Å². The SMILES string of the molecule is CCCNc1ncc(Br)c(NCCc2ncon2)n1. The average molecular weight is 327 g/mol. The van der Waals surface area contributed by atoms with E-state index in [1.165, 1.54) is 6.39 Å². The Balaban J connectivity index is 1.90. The topological polar surface area (TPSA) is 88.8 Å². The maximum absolute atomic E-state index is 4.67. The highest BCUT2D eigenvalue weighted by atomic mass is 79.9. The Morgan fingerprint density at radius 2 is 2.16 bits per heavy atom. The van der Waals surface area contributed by atoms with Crippen molar-refractivity contribution in [3.05, 3.63) is 22.9 Å². The Bertz CT molecular complexity index is 504. The molecule has 0 unspecified atom stereocenters. The molecule has 2 N–H and O–H groups in total. The van der Waals surface area contributed by atoms with E-state index in [1.54, 1.807) is 6.20 Å². The number of rotatable bonds is 7. The molecule has 102 valence electrons. The lowest BCUT2D eigenvalue weighted by atomic mass is 10.4. The van der Waals surface area contributed by atoms with Crippen molar-refractivity contribution in [1.29, 1.82) is 0 Å². The van der Waals surface area contributed by atoms with Crippen LogP contribution in [0.5, 0.6) is 0 Å². The van der Waals surface area contributed by atoms with Gasteiger partial charge in [-0.1, -0.05) is 12.1 Å². The smallest absolute Gasteiger partial charge is 0.224 e. The van der Waals surface area contributed by atoms with Crippen LogP contribution in [0.3, 0.4) is 0 Å². The molecule has 0 saturated carbocycles. The molecule has 0 aliphatic rings. The van der Waals surface area contributed by atoms with Crippen LogP contribution in [0.4, 0.5) is 11.8 Å². The summed E-state index contributed by atoms with van der Waals surface area (Å²) in [7, 11) is 0. The van der Waals surface area contributed by atoms with E-state index in [9.17, 15) is 0 Å². The van der Waals surface area contributed by atoms with E-state index in [4.69, 9.17) is 0 Å². The van der Waals surface area contributed by atoms with Crippen molar-refractivity contribution in [1.82, 2.24) is 20.1 Å². The van der Waals surface area contributed by atoms with E-state index in [-0.39, 0.29) is 0 Å². The lowest BCUT2D eigenvalue weighted by molar-refractivity contribution is 0.410. The minimum absolute atomic E-state index is 0.618. The minimum atomic E-state index is 0.618. The first-order chi connectivity index (χ1) is 9.29. The van der Waals surface area contributed by atoms with Gasteiger partial charge >= 0.3 is 0 Å². The van der Waals surface area contributed by atoms with E-state index in [2.05, 4.69) is 58.1 Å². The lowest BCUT2D eigenvalue weighted by Crippen LogP contribution is -2.10. The highest BCUT2D eigenvalue weighted by molar-refractivity contribution is 9.10. The molecule has 0 fully saturated rings. The Morgan fingerprint density at radius 3 is 2.89 bits per heavy atom. The third-order valence-electron chi connectivity index (χ3n) is 2.33. The molecule has 0 aliphatic heterocycles. The molecule has 0 radical (unpaired) electrons. The standard InChI is InChI=1S/C11H15BrN6O/c1-2-4-14-11-15-6-8(12)10(17-11)13-5-3-9-16-7-19-18-9/h6-7H,2-5H2,1H3,(H2,13,14,15,17). The van der Waals surface area contributed by atoms with Crippen molar-refractivity contribution >= 4 is 27.7 Å². The van der Waals surface area contributed by atoms with Crippen molar-refractivity contribution in [3.63, 3.8) is 0 Å². The Labute approximate surface area is 119 Å². The monoisotopic (exact) mass is 326 g/mol. The molecule has 7 nitrogen and oxygen atoms in total. The van der Waals surface area contributed by atoms with Crippen molar-refractivity contribution < 1.29 is 4.52 Å². The summed E-state index contributed by atoms with van der Waals surface area (Å²) in [5.41, 5.74) is 0. The molecule has 0 amide bonds. The first kappa shape index (κ1) is 13.7. The van der Waals surface area contributed by atoms with Crippen LogP contribution in [0.25, 0.3) is 0 Å². The Kier molecular flexibility index (Phi) is 5.08.